The van der Waals surface area contributed by atoms with Crippen LogP contribution in [-0.4, -0.2) is 31.1 Å². The van der Waals surface area contributed by atoms with E-state index in [2.05, 4.69) is 63.0 Å². The van der Waals surface area contributed by atoms with Gasteiger partial charge in [-0.25, -0.2) is 4.98 Å². The van der Waals surface area contributed by atoms with Crippen LogP contribution >= 0.6 is 12.2 Å². The molecule has 2 atom stereocenters. The zero-order chi connectivity index (χ0) is 18.8. The van der Waals surface area contributed by atoms with Crippen molar-refractivity contribution in [2.24, 2.45) is 5.92 Å². The number of aromatic nitrogens is 3. The van der Waals surface area contributed by atoms with Crippen molar-refractivity contribution in [3.63, 3.8) is 0 Å². The molecule has 0 amide bonds. The van der Waals surface area contributed by atoms with Crippen LogP contribution in [0, 0.1) is 5.92 Å². The van der Waals surface area contributed by atoms with Crippen LogP contribution in [0.15, 0.2) is 67.1 Å². The topological polar surface area (TPSA) is 46.0 Å². The summed E-state index contributed by atoms with van der Waals surface area (Å²) < 4.78 is 2.14. The summed E-state index contributed by atoms with van der Waals surface area (Å²) in [5, 5.41) is 4.28. The Bertz CT molecular complexity index is 907. The highest BCUT2D eigenvalue weighted by Gasteiger charge is 2.41. The molecule has 4 heterocycles. The van der Waals surface area contributed by atoms with Crippen molar-refractivity contribution in [1.29, 1.82) is 0 Å². The number of rotatable bonds is 5. The van der Waals surface area contributed by atoms with Crippen molar-refractivity contribution in [1.82, 2.24) is 24.8 Å². The van der Waals surface area contributed by atoms with Crippen LogP contribution < -0.4 is 5.32 Å². The molecule has 4 rings (SSSR count). The van der Waals surface area contributed by atoms with Gasteiger partial charge in [0, 0.05) is 30.8 Å². The second-order valence-corrected chi connectivity index (χ2v) is 7.55. The standard InChI is InChI=1S/C21H23N5S/c1-15(2)14-26-20(19(24-21(26)27)16-8-3-5-11-22-16)17-9-7-13-25(17)18-10-4-6-12-23-18/h3-13,15,19-20H,14H2,1-2H3,(H,24,27)/t19-,20-/m0/s1. The van der Waals surface area contributed by atoms with Gasteiger partial charge in [0.15, 0.2) is 5.11 Å². The predicted molar refractivity (Wildman–Crippen MR) is 111 cm³/mol. The van der Waals surface area contributed by atoms with E-state index >= 15 is 0 Å². The molecule has 0 aliphatic carbocycles. The van der Waals surface area contributed by atoms with E-state index in [4.69, 9.17) is 12.2 Å². The maximum absolute atomic E-state index is 5.71. The molecule has 3 aromatic heterocycles. The molecule has 3 aromatic rings. The molecule has 6 heteroatoms. The van der Waals surface area contributed by atoms with E-state index < -0.39 is 0 Å². The minimum atomic E-state index is -0.00480. The third-order valence-electron chi connectivity index (χ3n) is 4.74. The van der Waals surface area contributed by atoms with Crippen molar-refractivity contribution < 1.29 is 0 Å². The molecule has 0 spiro atoms. The monoisotopic (exact) mass is 377 g/mol. The average molecular weight is 378 g/mol. The minimum absolute atomic E-state index is 0.00480. The van der Waals surface area contributed by atoms with E-state index in [0.29, 0.717) is 5.92 Å². The third kappa shape index (κ3) is 3.45. The first kappa shape index (κ1) is 17.7. The highest BCUT2D eigenvalue weighted by Crippen LogP contribution is 2.39. The SMILES string of the molecule is CC(C)CN1C(=S)N[C@@H](c2ccccn2)[C@@H]1c1cccn1-c1ccccn1. The van der Waals surface area contributed by atoms with Gasteiger partial charge in [-0.15, -0.1) is 0 Å². The third-order valence-corrected chi connectivity index (χ3v) is 5.09. The van der Waals surface area contributed by atoms with E-state index in [-0.39, 0.29) is 12.1 Å². The fourth-order valence-electron chi connectivity index (χ4n) is 3.66. The van der Waals surface area contributed by atoms with Crippen molar-refractivity contribution in [3.05, 3.63) is 78.5 Å². The molecule has 1 N–H and O–H groups in total. The summed E-state index contributed by atoms with van der Waals surface area (Å²) in [6.45, 7) is 5.31. The quantitative estimate of drug-likeness (QED) is 0.684. The molecule has 0 unspecified atom stereocenters. The van der Waals surface area contributed by atoms with Crippen LogP contribution in [0.1, 0.15) is 37.3 Å². The molecule has 5 nitrogen and oxygen atoms in total. The van der Waals surface area contributed by atoms with Crippen molar-refractivity contribution in [3.8, 4) is 5.82 Å². The van der Waals surface area contributed by atoms with Crippen molar-refractivity contribution in [2.45, 2.75) is 25.9 Å². The highest BCUT2D eigenvalue weighted by molar-refractivity contribution is 7.80. The first-order valence-electron chi connectivity index (χ1n) is 9.22. The van der Waals surface area contributed by atoms with Crippen LogP contribution in [0.5, 0.6) is 0 Å². The van der Waals surface area contributed by atoms with Gasteiger partial charge in [0.1, 0.15) is 5.82 Å². The predicted octanol–water partition coefficient (Wildman–Crippen LogP) is 3.90. The Morgan fingerprint density at radius 3 is 2.48 bits per heavy atom. The number of thiocarbonyl (C=S) groups is 1. The van der Waals surface area contributed by atoms with Gasteiger partial charge in [0.25, 0.3) is 0 Å². The summed E-state index contributed by atoms with van der Waals surface area (Å²) in [5.74, 6) is 1.40. The Morgan fingerprint density at radius 1 is 1.04 bits per heavy atom. The number of nitrogens with one attached hydrogen (secondary N) is 1. The summed E-state index contributed by atoms with van der Waals surface area (Å²) in [5.41, 5.74) is 2.14. The first-order chi connectivity index (χ1) is 13.1. The number of hydrogen-bond donors (Lipinski definition) is 1. The molecular weight excluding hydrogens is 354 g/mol. The van der Waals surface area contributed by atoms with E-state index in [0.717, 1.165) is 28.9 Å². The average Bonchev–Trinajstić information content (AvgIpc) is 3.28. The lowest BCUT2D eigenvalue weighted by Gasteiger charge is -2.30. The lowest BCUT2D eigenvalue weighted by Crippen LogP contribution is -2.33. The molecule has 1 saturated heterocycles. The number of pyridine rings is 2. The first-order valence-corrected chi connectivity index (χ1v) is 9.62. The van der Waals surface area contributed by atoms with Crippen LogP contribution in [0.25, 0.3) is 5.82 Å². The van der Waals surface area contributed by atoms with Crippen LogP contribution in [0.4, 0.5) is 0 Å². The lowest BCUT2D eigenvalue weighted by molar-refractivity contribution is 0.280. The largest absolute Gasteiger partial charge is 0.352 e. The second-order valence-electron chi connectivity index (χ2n) is 7.16. The Morgan fingerprint density at radius 2 is 1.81 bits per heavy atom. The lowest BCUT2D eigenvalue weighted by atomic mass is 10.0. The molecule has 0 bridgehead atoms. The zero-order valence-corrected chi connectivity index (χ0v) is 16.3. The van der Waals surface area contributed by atoms with Crippen molar-refractivity contribution in [2.75, 3.05) is 6.54 Å². The van der Waals surface area contributed by atoms with Gasteiger partial charge in [-0.1, -0.05) is 26.0 Å². The molecule has 0 radical (unpaired) electrons. The summed E-state index contributed by atoms with van der Waals surface area (Å²) >= 11 is 5.71. The smallest absolute Gasteiger partial charge is 0.170 e. The Kier molecular flexibility index (Phi) is 4.90. The Balaban J connectivity index is 1.81. The zero-order valence-electron chi connectivity index (χ0n) is 15.5. The normalized spacial score (nSPS) is 19.5. The maximum Gasteiger partial charge on any atom is 0.170 e. The molecular formula is C21H23N5S. The Labute approximate surface area is 165 Å². The maximum atomic E-state index is 5.71. The summed E-state index contributed by atoms with van der Waals surface area (Å²) in [6, 6.07) is 16.2. The number of hydrogen-bond acceptors (Lipinski definition) is 3. The molecule has 138 valence electrons. The van der Waals surface area contributed by atoms with Crippen molar-refractivity contribution >= 4 is 17.3 Å². The molecule has 1 fully saturated rings. The summed E-state index contributed by atoms with van der Waals surface area (Å²) in [6.07, 6.45) is 5.71. The van der Waals surface area contributed by atoms with Crippen LogP contribution in [0.3, 0.4) is 0 Å². The molecule has 1 aliphatic rings. The van der Waals surface area contributed by atoms with Gasteiger partial charge in [-0.3, -0.25) is 4.98 Å². The van der Waals surface area contributed by atoms with Crippen LogP contribution in [0.2, 0.25) is 0 Å². The minimum Gasteiger partial charge on any atom is -0.352 e. The molecule has 0 aromatic carbocycles. The van der Waals surface area contributed by atoms with E-state index in [1.807, 2.05) is 42.7 Å². The second kappa shape index (κ2) is 7.48. The fraction of sp³-hybridized carbons (Fsp3) is 0.286. The van der Waals surface area contributed by atoms with E-state index in [1.54, 1.807) is 0 Å². The number of nitrogens with zero attached hydrogens (tertiary/aromatic N) is 4. The fourth-order valence-corrected chi connectivity index (χ4v) is 3.97. The van der Waals surface area contributed by atoms with E-state index in [9.17, 15) is 0 Å². The van der Waals surface area contributed by atoms with Gasteiger partial charge in [0.05, 0.1) is 17.8 Å². The molecule has 0 saturated carbocycles. The summed E-state index contributed by atoms with van der Waals surface area (Å²) in [7, 11) is 0. The molecule has 1 aliphatic heterocycles. The molecule has 27 heavy (non-hydrogen) atoms. The van der Waals surface area contributed by atoms with Gasteiger partial charge in [-0.2, -0.15) is 0 Å². The van der Waals surface area contributed by atoms with E-state index in [1.165, 1.54) is 0 Å². The van der Waals surface area contributed by atoms with Gasteiger partial charge in [-0.05, 0) is 54.5 Å². The van der Waals surface area contributed by atoms with Gasteiger partial charge >= 0.3 is 0 Å². The Hall–Kier alpha value is -2.73. The van der Waals surface area contributed by atoms with Gasteiger partial charge in [0.2, 0.25) is 0 Å². The summed E-state index contributed by atoms with van der Waals surface area (Å²) in [4.78, 5) is 11.4. The van der Waals surface area contributed by atoms with Gasteiger partial charge < -0.3 is 14.8 Å². The van der Waals surface area contributed by atoms with Crippen LogP contribution in [-0.2, 0) is 0 Å². The highest BCUT2D eigenvalue weighted by atomic mass is 32.1.